The maximum atomic E-state index is 13.0. The van der Waals surface area contributed by atoms with E-state index in [0.717, 1.165) is 57.8 Å². The first-order chi connectivity index (χ1) is 20.3. The fourth-order valence-electron chi connectivity index (χ4n) is 5.52. The van der Waals surface area contributed by atoms with Crippen LogP contribution in [0.5, 0.6) is 0 Å². The zero-order valence-electron chi connectivity index (χ0n) is 28.8. The number of carbonyl (C=O) groups is 4. The van der Waals surface area contributed by atoms with Crippen molar-refractivity contribution in [3.63, 3.8) is 0 Å². The largest absolute Gasteiger partial charge is 0.377 e. The zero-order chi connectivity index (χ0) is 32.4. The van der Waals surface area contributed by atoms with Crippen molar-refractivity contribution < 1.29 is 28.7 Å². The Kier molecular flexibility index (Phi) is 20.1. The van der Waals surface area contributed by atoms with Crippen molar-refractivity contribution in [2.75, 3.05) is 26.2 Å². The number of hydrogen-bond acceptors (Lipinski definition) is 7. The number of amides is 1. The number of rotatable bonds is 25. The molecule has 0 aromatic heterocycles. The van der Waals surface area contributed by atoms with Gasteiger partial charge in [-0.2, -0.15) is 0 Å². The molecule has 0 saturated carbocycles. The van der Waals surface area contributed by atoms with Gasteiger partial charge in [0.25, 0.3) is 0 Å². The van der Waals surface area contributed by atoms with Crippen molar-refractivity contribution in [3.05, 3.63) is 0 Å². The van der Waals surface area contributed by atoms with E-state index in [1.807, 2.05) is 65.2 Å². The van der Waals surface area contributed by atoms with Gasteiger partial charge in [-0.25, -0.2) is 0 Å². The van der Waals surface area contributed by atoms with Gasteiger partial charge >= 0.3 is 0 Å². The lowest BCUT2D eigenvalue weighted by molar-refractivity contribution is -0.134. The predicted octanol–water partition coefficient (Wildman–Crippen LogP) is 6.56. The van der Waals surface area contributed by atoms with E-state index in [9.17, 15) is 19.2 Å². The molecule has 1 amide bonds. The first-order valence-electron chi connectivity index (χ1n) is 17.2. The summed E-state index contributed by atoms with van der Waals surface area (Å²) in [5, 5.41) is 0. The van der Waals surface area contributed by atoms with Crippen molar-refractivity contribution >= 4 is 23.3 Å². The van der Waals surface area contributed by atoms with Gasteiger partial charge in [-0.15, -0.1) is 0 Å². The van der Waals surface area contributed by atoms with Gasteiger partial charge in [-0.3, -0.25) is 24.1 Å². The number of carbonyl (C=O) groups excluding carboxylic acids is 4. The second-order valence-corrected chi connectivity index (χ2v) is 13.7. The summed E-state index contributed by atoms with van der Waals surface area (Å²) in [5.74, 6) is 0.941. The van der Waals surface area contributed by atoms with Crippen LogP contribution in [0.1, 0.15) is 139 Å². The molecular weight excluding hydrogens is 544 g/mol. The molecule has 0 bridgehead atoms. The Morgan fingerprint density at radius 1 is 0.698 bits per heavy atom. The van der Waals surface area contributed by atoms with Crippen LogP contribution in [0.15, 0.2) is 0 Å². The van der Waals surface area contributed by atoms with E-state index in [-0.39, 0.29) is 53.8 Å². The van der Waals surface area contributed by atoms with Gasteiger partial charge in [0.1, 0.15) is 17.3 Å². The van der Waals surface area contributed by atoms with Crippen molar-refractivity contribution in [2.24, 2.45) is 5.92 Å². The minimum Gasteiger partial charge on any atom is -0.377 e. The molecule has 43 heavy (non-hydrogen) atoms. The second-order valence-electron chi connectivity index (χ2n) is 13.7. The van der Waals surface area contributed by atoms with Crippen molar-refractivity contribution in [1.82, 2.24) is 9.80 Å². The lowest BCUT2D eigenvalue weighted by atomic mass is 10.0. The molecule has 0 aromatic carbocycles. The molecule has 0 aromatic rings. The fourth-order valence-corrected chi connectivity index (χ4v) is 5.52. The highest BCUT2D eigenvalue weighted by Gasteiger charge is 2.36. The van der Waals surface area contributed by atoms with Crippen molar-refractivity contribution in [2.45, 2.75) is 169 Å². The average Bonchev–Trinajstić information content (AvgIpc) is 3.32. The van der Waals surface area contributed by atoms with Crippen LogP contribution >= 0.6 is 0 Å². The maximum absolute atomic E-state index is 13.0. The first kappa shape index (κ1) is 39.4. The third-order valence-corrected chi connectivity index (χ3v) is 8.14. The SMILES string of the molecule is CC(C)OC[C@@H]1C[C@@H](OC(C)C)CN1C(=O)CCCCCCC(=O)CN(CC(=O)CCCCCCC(=O)C(C)C)C(C)C. The Labute approximate surface area is 263 Å². The molecular formula is C35H64N2O6. The number of unbranched alkanes of at least 4 members (excludes halogenated alkanes) is 6. The number of ketones is 3. The molecule has 0 radical (unpaired) electrons. The first-order valence-corrected chi connectivity index (χ1v) is 17.2. The summed E-state index contributed by atoms with van der Waals surface area (Å²) in [7, 11) is 0. The quantitative estimate of drug-likeness (QED) is 0.108. The normalized spacial score (nSPS) is 17.3. The Hall–Kier alpha value is -1.64. The van der Waals surface area contributed by atoms with Gasteiger partial charge in [-0.05, 0) is 73.6 Å². The number of ether oxygens (including phenoxy) is 2. The molecule has 1 heterocycles. The van der Waals surface area contributed by atoms with Crippen LogP contribution in [0.3, 0.4) is 0 Å². The molecule has 1 rings (SSSR count). The van der Waals surface area contributed by atoms with E-state index in [4.69, 9.17) is 9.47 Å². The Balaban J connectivity index is 2.28. The van der Waals surface area contributed by atoms with Crippen LogP contribution in [0.25, 0.3) is 0 Å². The molecule has 1 aliphatic rings. The molecule has 1 saturated heterocycles. The Morgan fingerprint density at radius 2 is 1.21 bits per heavy atom. The van der Waals surface area contributed by atoms with Gasteiger partial charge in [0.05, 0.1) is 44.1 Å². The standard InChI is InChI=1S/C35H64N2O6/c1-26(2)34(40)19-15-11-9-13-17-31(38)22-36(27(3)4)23-32(39)18-14-10-12-16-20-35(41)37-24-33(43-29(7)8)21-30(37)25-42-28(5)6/h26-30,33H,9-25H2,1-8H3/t30-,33+/m0/s1. The highest BCUT2D eigenvalue weighted by molar-refractivity contribution is 5.83. The van der Waals surface area contributed by atoms with E-state index in [1.165, 1.54) is 0 Å². The van der Waals surface area contributed by atoms with Gasteiger partial charge in [0.2, 0.25) is 5.91 Å². The Morgan fingerprint density at radius 3 is 1.67 bits per heavy atom. The highest BCUT2D eigenvalue weighted by Crippen LogP contribution is 2.24. The number of nitrogens with zero attached hydrogens (tertiary/aromatic N) is 2. The molecule has 0 spiro atoms. The smallest absolute Gasteiger partial charge is 0.222 e. The van der Waals surface area contributed by atoms with Crippen LogP contribution in [-0.2, 0) is 28.7 Å². The molecule has 0 N–H and O–H groups in total. The third-order valence-electron chi connectivity index (χ3n) is 8.14. The summed E-state index contributed by atoms with van der Waals surface area (Å²) in [6.45, 7) is 17.8. The monoisotopic (exact) mass is 608 g/mol. The molecule has 0 unspecified atom stereocenters. The van der Waals surface area contributed by atoms with Crippen LogP contribution < -0.4 is 0 Å². The summed E-state index contributed by atoms with van der Waals surface area (Å²) in [4.78, 5) is 53.9. The fraction of sp³-hybridized carbons (Fsp3) is 0.886. The van der Waals surface area contributed by atoms with Gasteiger partial charge in [0.15, 0.2) is 0 Å². The van der Waals surface area contributed by atoms with E-state index in [1.54, 1.807) is 0 Å². The van der Waals surface area contributed by atoms with Crippen molar-refractivity contribution in [3.8, 4) is 0 Å². The molecule has 2 atom stereocenters. The molecule has 8 heteroatoms. The third kappa shape index (κ3) is 18.1. The lowest BCUT2D eigenvalue weighted by Crippen LogP contribution is -2.39. The van der Waals surface area contributed by atoms with Gasteiger partial charge in [-0.1, -0.05) is 39.5 Å². The average molecular weight is 609 g/mol. The molecule has 1 aliphatic heterocycles. The van der Waals surface area contributed by atoms with E-state index in [0.29, 0.717) is 57.7 Å². The topological polar surface area (TPSA) is 93.2 Å². The molecule has 1 fully saturated rings. The van der Waals surface area contributed by atoms with Gasteiger partial charge in [0, 0.05) is 44.2 Å². The van der Waals surface area contributed by atoms with E-state index in [2.05, 4.69) is 0 Å². The van der Waals surface area contributed by atoms with Crippen LogP contribution in [0.2, 0.25) is 0 Å². The van der Waals surface area contributed by atoms with Crippen LogP contribution in [0, 0.1) is 5.92 Å². The summed E-state index contributed by atoms with van der Waals surface area (Å²) < 4.78 is 11.8. The number of hydrogen-bond donors (Lipinski definition) is 0. The van der Waals surface area contributed by atoms with E-state index >= 15 is 0 Å². The summed E-state index contributed by atoms with van der Waals surface area (Å²) in [6.07, 6.45) is 10.5. The second kappa shape index (κ2) is 22.0. The molecule has 0 aliphatic carbocycles. The molecule has 8 nitrogen and oxygen atoms in total. The molecule has 250 valence electrons. The van der Waals surface area contributed by atoms with Crippen LogP contribution in [0.4, 0.5) is 0 Å². The minimum atomic E-state index is 0.0638. The summed E-state index contributed by atoms with van der Waals surface area (Å²) in [5.41, 5.74) is 0. The van der Waals surface area contributed by atoms with Gasteiger partial charge < -0.3 is 14.4 Å². The Bertz CT molecular complexity index is 825. The zero-order valence-corrected chi connectivity index (χ0v) is 28.8. The number of likely N-dealkylation sites (tertiary alicyclic amines) is 1. The van der Waals surface area contributed by atoms with Crippen molar-refractivity contribution in [1.29, 1.82) is 0 Å². The van der Waals surface area contributed by atoms with E-state index < -0.39 is 0 Å². The highest BCUT2D eigenvalue weighted by atomic mass is 16.5. The van der Waals surface area contributed by atoms with Crippen LogP contribution in [-0.4, -0.2) is 89.7 Å². The lowest BCUT2D eigenvalue weighted by Gasteiger charge is -2.25. The summed E-state index contributed by atoms with van der Waals surface area (Å²) in [6, 6.07) is 0.199. The summed E-state index contributed by atoms with van der Waals surface area (Å²) >= 11 is 0. The maximum Gasteiger partial charge on any atom is 0.222 e. The predicted molar refractivity (Wildman–Crippen MR) is 173 cm³/mol. The minimum absolute atomic E-state index is 0.0638. The number of Topliss-reactive ketones (excluding diaryl/α,β-unsaturated/α-hetero) is 3.